The third-order valence-corrected chi connectivity index (χ3v) is 5.30. The minimum atomic E-state index is -0.0953. The Kier molecular flexibility index (Phi) is 5.44. The van der Waals surface area contributed by atoms with E-state index in [1.807, 2.05) is 60.7 Å². The van der Waals surface area contributed by atoms with E-state index in [1.54, 1.807) is 0 Å². The van der Waals surface area contributed by atoms with Gasteiger partial charge in [-0.1, -0.05) is 61.2 Å². The summed E-state index contributed by atoms with van der Waals surface area (Å²) in [5.74, 6) is 1.22. The Balaban J connectivity index is 1.46. The predicted octanol–water partition coefficient (Wildman–Crippen LogP) is 6.52. The van der Waals surface area contributed by atoms with Gasteiger partial charge in [-0.2, -0.15) is 0 Å². The Morgan fingerprint density at radius 1 is 1.00 bits per heavy atom. The highest BCUT2D eigenvalue weighted by Gasteiger charge is 2.10. The van der Waals surface area contributed by atoms with E-state index < -0.39 is 0 Å². The molecule has 140 valence electrons. The maximum absolute atomic E-state index is 12.2. The third-order valence-electron chi connectivity index (χ3n) is 4.46. The van der Waals surface area contributed by atoms with E-state index in [1.165, 1.54) is 17.3 Å². The predicted molar refractivity (Wildman–Crippen MR) is 116 cm³/mol. The van der Waals surface area contributed by atoms with Crippen LogP contribution in [0.4, 0.5) is 10.5 Å². The van der Waals surface area contributed by atoms with Crippen molar-refractivity contribution in [3.63, 3.8) is 0 Å². The molecule has 5 heteroatoms. The summed E-state index contributed by atoms with van der Waals surface area (Å²) in [6.45, 7) is 2.13. The Bertz CT molecular complexity index is 1090. The zero-order chi connectivity index (χ0) is 19.3. The molecular formula is C23H20N2O2S. The third kappa shape index (κ3) is 4.26. The molecule has 0 aliphatic rings. The first kappa shape index (κ1) is 18.3. The lowest BCUT2D eigenvalue weighted by Gasteiger charge is -2.04. The maximum Gasteiger partial charge on any atom is 0.283 e. The van der Waals surface area contributed by atoms with Gasteiger partial charge in [-0.05, 0) is 47.9 Å². The molecule has 0 unspecified atom stereocenters. The van der Waals surface area contributed by atoms with Crippen LogP contribution in [0.2, 0.25) is 0 Å². The number of nitrogens with one attached hydrogen (secondary N) is 1. The largest absolute Gasteiger partial charge is 0.436 e. The fourth-order valence-corrected chi connectivity index (χ4v) is 3.57. The summed E-state index contributed by atoms with van der Waals surface area (Å²) in [7, 11) is 0. The highest BCUT2D eigenvalue weighted by Crippen LogP contribution is 2.27. The minimum absolute atomic E-state index is 0.0953. The number of hydrogen-bond donors (Lipinski definition) is 1. The molecule has 0 aliphatic heterocycles. The zero-order valence-electron chi connectivity index (χ0n) is 15.5. The summed E-state index contributed by atoms with van der Waals surface area (Å²) >= 11 is 1.24. The van der Waals surface area contributed by atoms with Crippen LogP contribution in [0.15, 0.2) is 77.2 Å². The molecule has 1 N–H and O–H groups in total. The Morgan fingerprint density at radius 2 is 1.79 bits per heavy atom. The van der Waals surface area contributed by atoms with Crippen LogP contribution in [0.5, 0.6) is 0 Å². The lowest BCUT2D eigenvalue weighted by molar-refractivity contribution is 0.269. The lowest BCUT2D eigenvalue weighted by atomic mass is 10.1. The minimum Gasteiger partial charge on any atom is -0.436 e. The van der Waals surface area contributed by atoms with E-state index in [-0.39, 0.29) is 5.24 Å². The zero-order valence-corrected chi connectivity index (χ0v) is 16.3. The van der Waals surface area contributed by atoms with E-state index in [0.717, 1.165) is 23.1 Å². The molecule has 1 aromatic heterocycles. The SMILES string of the molecule is CCc1ccc(-c2nc3cc(NC(=O)SCc4ccccc4)ccc3o2)cc1. The summed E-state index contributed by atoms with van der Waals surface area (Å²) in [6, 6.07) is 23.6. The number of nitrogens with zero attached hydrogens (tertiary/aromatic N) is 1. The van der Waals surface area contributed by atoms with Gasteiger partial charge in [0.2, 0.25) is 5.89 Å². The number of oxazole rings is 1. The number of aromatic nitrogens is 1. The van der Waals surface area contributed by atoms with E-state index in [4.69, 9.17) is 4.42 Å². The van der Waals surface area contributed by atoms with Gasteiger partial charge in [0.05, 0.1) is 0 Å². The Hall–Kier alpha value is -3.05. The summed E-state index contributed by atoms with van der Waals surface area (Å²) in [4.78, 5) is 16.8. The first-order chi connectivity index (χ1) is 13.7. The van der Waals surface area contributed by atoms with Crippen LogP contribution in [0.25, 0.3) is 22.6 Å². The van der Waals surface area contributed by atoms with Gasteiger partial charge in [-0.3, -0.25) is 4.79 Å². The van der Waals surface area contributed by atoms with Crippen LogP contribution in [0, 0.1) is 0 Å². The molecule has 0 aliphatic carbocycles. The number of carbonyl (C=O) groups excluding carboxylic acids is 1. The van der Waals surface area contributed by atoms with Crippen molar-refractivity contribution in [2.24, 2.45) is 0 Å². The van der Waals surface area contributed by atoms with Crippen LogP contribution in [0.1, 0.15) is 18.1 Å². The standard InChI is InChI=1S/C23H20N2O2S/c1-2-16-8-10-18(11-9-16)22-25-20-14-19(12-13-21(20)27-22)24-23(26)28-15-17-6-4-3-5-7-17/h3-14H,2,15H2,1H3,(H,24,26). The molecule has 0 saturated carbocycles. The smallest absolute Gasteiger partial charge is 0.283 e. The molecule has 3 aromatic carbocycles. The van der Waals surface area contributed by atoms with E-state index in [2.05, 4.69) is 29.4 Å². The second-order valence-corrected chi connectivity index (χ2v) is 7.39. The molecule has 1 heterocycles. The number of thioether (sulfide) groups is 1. The van der Waals surface area contributed by atoms with Crippen LogP contribution < -0.4 is 5.32 Å². The average Bonchev–Trinajstić information content (AvgIpc) is 3.16. The van der Waals surface area contributed by atoms with Crippen molar-refractivity contribution in [3.05, 3.63) is 83.9 Å². The highest BCUT2D eigenvalue weighted by molar-refractivity contribution is 8.13. The molecule has 1 amide bonds. The number of carbonyl (C=O) groups is 1. The van der Waals surface area contributed by atoms with Gasteiger partial charge in [0.25, 0.3) is 5.24 Å². The number of amides is 1. The fourth-order valence-electron chi connectivity index (χ4n) is 2.89. The molecule has 0 saturated heterocycles. The van der Waals surface area contributed by atoms with Crippen molar-refractivity contribution in [2.75, 3.05) is 5.32 Å². The second kappa shape index (κ2) is 8.31. The molecular weight excluding hydrogens is 368 g/mol. The molecule has 0 fully saturated rings. The van der Waals surface area contributed by atoms with Crippen molar-refractivity contribution in [1.82, 2.24) is 4.98 Å². The van der Waals surface area contributed by atoms with Crippen molar-refractivity contribution in [1.29, 1.82) is 0 Å². The van der Waals surface area contributed by atoms with Crippen LogP contribution >= 0.6 is 11.8 Å². The number of hydrogen-bond acceptors (Lipinski definition) is 4. The number of aryl methyl sites for hydroxylation is 1. The van der Waals surface area contributed by atoms with Gasteiger partial charge in [0, 0.05) is 17.0 Å². The van der Waals surface area contributed by atoms with Crippen LogP contribution in [-0.4, -0.2) is 10.2 Å². The molecule has 0 atom stereocenters. The number of anilines is 1. The molecule has 28 heavy (non-hydrogen) atoms. The van der Waals surface area contributed by atoms with Crippen LogP contribution in [0.3, 0.4) is 0 Å². The van der Waals surface area contributed by atoms with E-state index in [0.29, 0.717) is 22.9 Å². The van der Waals surface area contributed by atoms with Crippen molar-refractivity contribution in [2.45, 2.75) is 19.1 Å². The summed E-state index contributed by atoms with van der Waals surface area (Å²) in [5.41, 5.74) is 5.47. The first-order valence-corrected chi connectivity index (χ1v) is 10.2. The normalized spacial score (nSPS) is 10.9. The molecule has 0 radical (unpaired) electrons. The molecule has 4 rings (SSSR count). The number of rotatable bonds is 5. The Morgan fingerprint density at radius 3 is 2.54 bits per heavy atom. The van der Waals surface area contributed by atoms with Crippen molar-refractivity contribution >= 4 is 33.8 Å². The van der Waals surface area contributed by atoms with E-state index in [9.17, 15) is 4.79 Å². The average molecular weight is 388 g/mol. The summed E-state index contributed by atoms with van der Waals surface area (Å²) in [6.07, 6.45) is 0.999. The maximum atomic E-state index is 12.2. The van der Waals surface area contributed by atoms with Crippen LogP contribution in [-0.2, 0) is 12.2 Å². The van der Waals surface area contributed by atoms with Gasteiger partial charge >= 0.3 is 0 Å². The van der Waals surface area contributed by atoms with Crippen molar-refractivity contribution < 1.29 is 9.21 Å². The van der Waals surface area contributed by atoms with Gasteiger partial charge in [-0.15, -0.1) is 0 Å². The highest BCUT2D eigenvalue weighted by atomic mass is 32.2. The first-order valence-electron chi connectivity index (χ1n) is 9.19. The summed E-state index contributed by atoms with van der Waals surface area (Å²) in [5, 5.41) is 2.82. The van der Waals surface area contributed by atoms with Gasteiger partial charge in [-0.25, -0.2) is 4.98 Å². The topological polar surface area (TPSA) is 55.1 Å². The lowest BCUT2D eigenvalue weighted by Crippen LogP contribution is -2.05. The number of fused-ring (bicyclic) bond motifs is 1. The summed E-state index contributed by atoms with van der Waals surface area (Å²) < 4.78 is 5.86. The second-order valence-electron chi connectivity index (χ2n) is 6.44. The van der Waals surface area contributed by atoms with Crippen molar-refractivity contribution in [3.8, 4) is 11.5 Å². The van der Waals surface area contributed by atoms with E-state index >= 15 is 0 Å². The number of benzene rings is 3. The van der Waals surface area contributed by atoms with Gasteiger partial charge in [0.1, 0.15) is 5.52 Å². The quantitative estimate of drug-likeness (QED) is 0.423. The monoisotopic (exact) mass is 388 g/mol. The molecule has 0 spiro atoms. The van der Waals surface area contributed by atoms with Gasteiger partial charge in [0.15, 0.2) is 5.58 Å². The Labute approximate surface area is 168 Å². The molecule has 0 bridgehead atoms. The fraction of sp³-hybridized carbons (Fsp3) is 0.130. The molecule has 4 aromatic rings. The van der Waals surface area contributed by atoms with Gasteiger partial charge < -0.3 is 9.73 Å². The molecule has 4 nitrogen and oxygen atoms in total.